The number of hydrogen-bond donors (Lipinski definition) is 2. The van der Waals surface area contributed by atoms with E-state index in [9.17, 15) is 9.59 Å². The summed E-state index contributed by atoms with van der Waals surface area (Å²) < 4.78 is 0. The fraction of sp³-hybridized carbons (Fsp3) is 0.105. The fourth-order valence-electron chi connectivity index (χ4n) is 3.03. The Bertz CT molecular complexity index is 1050. The molecule has 2 heterocycles. The van der Waals surface area contributed by atoms with Crippen molar-refractivity contribution in [2.45, 2.75) is 6.54 Å². The lowest BCUT2D eigenvalue weighted by Crippen LogP contribution is -2.33. The van der Waals surface area contributed by atoms with Crippen molar-refractivity contribution in [3.05, 3.63) is 69.7 Å². The van der Waals surface area contributed by atoms with E-state index in [0.29, 0.717) is 39.2 Å². The Balaban J connectivity index is 1.43. The minimum absolute atomic E-state index is 0.0480. The molecule has 8 heteroatoms. The first-order valence-electron chi connectivity index (χ1n) is 8.20. The number of rotatable bonds is 4. The van der Waals surface area contributed by atoms with Crippen LogP contribution in [0.25, 0.3) is 11.3 Å². The Kier molecular flexibility index (Phi) is 4.59. The quantitative estimate of drug-likeness (QED) is 0.694. The van der Waals surface area contributed by atoms with Crippen LogP contribution in [0.3, 0.4) is 0 Å². The van der Waals surface area contributed by atoms with Crippen molar-refractivity contribution in [1.29, 1.82) is 0 Å². The molecule has 6 nitrogen and oxygen atoms in total. The van der Waals surface area contributed by atoms with E-state index in [-0.39, 0.29) is 18.4 Å². The van der Waals surface area contributed by atoms with Gasteiger partial charge in [-0.25, -0.2) is 0 Å². The molecular weight excluding hydrogens is 387 g/mol. The maximum atomic E-state index is 12.3. The third-order valence-electron chi connectivity index (χ3n) is 4.32. The molecule has 27 heavy (non-hydrogen) atoms. The van der Waals surface area contributed by atoms with E-state index in [1.54, 1.807) is 30.3 Å². The standard InChI is InChI=1S/C19H14Cl2N4O2/c20-14-7-3-6-13(18(14)21)15-8-16(24-23-15)22-17(26)10-25-9-11-4-1-2-5-12(11)19(25)27/h1-8H,9-10H2,(H2,22,23,24,26). The van der Waals surface area contributed by atoms with E-state index >= 15 is 0 Å². The second-order valence-electron chi connectivity index (χ2n) is 6.13. The summed E-state index contributed by atoms with van der Waals surface area (Å²) in [6.07, 6.45) is 0. The van der Waals surface area contributed by atoms with Crippen molar-refractivity contribution in [1.82, 2.24) is 15.1 Å². The number of halogens is 2. The Morgan fingerprint density at radius 2 is 1.93 bits per heavy atom. The van der Waals surface area contributed by atoms with Crippen LogP contribution >= 0.6 is 23.2 Å². The third-order valence-corrected chi connectivity index (χ3v) is 5.14. The number of hydrogen-bond acceptors (Lipinski definition) is 3. The Labute approximate surface area is 165 Å². The highest BCUT2D eigenvalue weighted by atomic mass is 35.5. The molecule has 0 bridgehead atoms. The number of amides is 2. The van der Waals surface area contributed by atoms with E-state index in [1.807, 2.05) is 18.2 Å². The first-order chi connectivity index (χ1) is 13.0. The highest BCUT2D eigenvalue weighted by Gasteiger charge is 2.28. The summed E-state index contributed by atoms with van der Waals surface area (Å²) >= 11 is 12.2. The van der Waals surface area contributed by atoms with Gasteiger partial charge in [0.2, 0.25) is 5.91 Å². The average molecular weight is 401 g/mol. The van der Waals surface area contributed by atoms with Gasteiger partial charge >= 0.3 is 0 Å². The van der Waals surface area contributed by atoms with Crippen LogP contribution in [0.4, 0.5) is 5.82 Å². The lowest BCUT2D eigenvalue weighted by molar-refractivity contribution is -0.116. The van der Waals surface area contributed by atoms with Crippen molar-refractivity contribution in [3.8, 4) is 11.3 Å². The van der Waals surface area contributed by atoms with Crippen molar-refractivity contribution >= 4 is 40.8 Å². The Hall–Kier alpha value is -2.83. The molecule has 3 aromatic rings. The lowest BCUT2D eigenvalue weighted by Gasteiger charge is -2.14. The predicted octanol–water partition coefficient (Wildman–Crippen LogP) is 3.98. The molecule has 1 aliphatic heterocycles. The summed E-state index contributed by atoms with van der Waals surface area (Å²) in [6.45, 7) is 0.375. The molecule has 1 aliphatic rings. The van der Waals surface area contributed by atoms with Gasteiger partial charge in [-0.2, -0.15) is 5.10 Å². The van der Waals surface area contributed by atoms with E-state index < -0.39 is 0 Å². The van der Waals surface area contributed by atoms with E-state index in [2.05, 4.69) is 15.5 Å². The van der Waals surface area contributed by atoms with Crippen LogP contribution < -0.4 is 5.32 Å². The highest BCUT2D eigenvalue weighted by molar-refractivity contribution is 6.43. The van der Waals surface area contributed by atoms with Crippen LogP contribution in [0.15, 0.2) is 48.5 Å². The zero-order chi connectivity index (χ0) is 19.0. The second kappa shape index (κ2) is 7.06. The molecule has 0 atom stereocenters. The number of anilines is 1. The van der Waals surface area contributed by atoms with E-state index in [1.165, 1.54) is 4.90 Å². The second-order valence-corrected chi connectivity index (χ2v) is 6.92. The van der Waals surface area contributed by atoms with Gasteiger partial charge in [-0.15, -0.1) is 0 Å². The predicted molar refractivity (Wildman–Crippen MR) is 104 cm³/mol. The molecule has 2 N–H and O–H groups in total. The number of aromatic amines is 1. The molecule has 0 unspecified atom stereocenters. The van der Waals surface area contributed by atoms with Gasteiger partial charge in [-0.1, -0.05) is 53.5 Å². The van der Waals surface area contributed by atoms with Crippen LogP contribution in [0.2, 0.25) is 10.0 Å². The number of H-pyrrole nitrogens is 1. The monoisotopic (exact) mass is 400 g/mol. The molecule has 0 saturated heterocycles. The van der Waals surface area contributed by atoms with Crippen LogP contribution in [0.1, 0.15) is 15.9 Å². The average Bonchev–Trinajstić information content (AvgIpc) is 3.23. The summed E-state index contributed by atoms with van der Waals surface area (Å²) in [5.74, 6) is -0.129. The summed E-state index contributed by atoms with van der Waals surface area (Å²) in [6, 6.07) is 14.3. The van der Waals surface area contributed by atoms with Crippen molar-refractivity contribution in [2.24, 2.45) is 0 Å². The highest BCUT2D eigenvalue weighted by Crippen LogP contribution is 2.33. The number of carbonyl (C=O) groups is 2. The normalized spacial score (nSPS) is 13.0. The Morgan fingerprint density at radius 3 is 2.74 bits per heavy atom. The van der Waals surface area contributed by atoms with Crippen molar-refractivity contribution in [2.75, 3.05) is 11.9 Å². The smallest absolute Gasteiger partial charge is 0.254 e. The largest absolute Gasteiger partial charge is 0.325 e. The topological polar surface area (TPSA) is 78.1 Å². The van der Waals surface area contributed by atoms with Crippen LogP contribution in [0.5, 0.6) is 0 Å². The van der Waals surface area contributed by atoms with Crippen LogP contribution in [-0.4, -0.2) is 33.5 Å². The summed E-state index contributed by atoms with van der Waals surface area (Å²) in [4.78, 5) is 26.2. The molecule has 2 amide bonds. The summed E-state index contributed by atoms with van der Waals surface area (Å²) in [7, 11) is 0. The maximum absolute atomic E-state index is 12.3. The van der Waals surface area contributed by atoms with Gasteiger partial charge in [0.05, 0.1) is 15.7 Å². The van der Waals surface area contributed by atoms with Gasteiger partial charge in [-0.3, -0.25) is 14.7 Å². The Morgan fingerprint density at radius 1 is 1.15 bits per heavy atom. The number of carbonyl (C=O) groups excluding carboxylic acids is 2. The van der Waals surface area contributed by atoms with Gasteiger partial charge < -0.3 is 10.2 Å². The molecule has 0 spiro atoms. The number of nitrogens with zero attached hydrogens (tertiary/aromatic N) is 2. The molecule has 0 saturated carbocycles. The zero-order valence-corrected chi connectivity index (χ0v) is 15.5. The van der Waals surface area contributed by atoms with E-state index in [0.717, 1.165) is 5.56 Å². The molecule has 0 aliphatic carbocycles. The van der Waals surface area contributed by atoms with Crippen LogP contribution in [0, 0.1) is 0 Å². The fourth-order valence-corrected chi connectivity index (χ4v) is 3.44. The first-order valence-corrected chi connectivity index (χ1v) is 8.95. The van der Waals surface area contributed by atoms with E-state index in [4.69, 9.17) is 23.2 Å². The van der Waals surface area contributed by atoms with Gasteiger partial charge in [0, 0.05) is 23.7 Å². The molecule has 0 radical (unpaired) electrons. The first kappa shape index (κ1) is 17.6. The molecule has 2 aromatic carbocycles. The number of nitrogens with one attached hydrogen (secondary N) is 2. The van der Waals surface area contributed by atoms with Crippen molar-refractivity contribution < 1.29 is 9.59 Å². The van der Waals surface area contributed by atoms with Gasteiger partial charge in [-0.05, 0) is 17.7 Å². The van der Waals surface area contributed by atoms with Gasteiger partial charge in [0.25, 0.3) is 5.91 Å². The number of benzene rings is 2. The van der Waals surface area contributed by atoms with Gasteiger partial charge in [0.15, 0.2) is 5.82 Å². The van der Waals surface area contributed by atoms with Gasteiger partial charge in [0.1, 0.15) is 6.54 Å². The number of fused-ring (bicyclic) bond motifs is 1. The van der Waals surface area contributed by atoms with Crippen LogP contribution in [-0.2, 0) is 11.3 Å². The number of aromatic nitrogens is 2. The molecule has 1 aromatic heterocycles. The molecule has 4 rings (SSSR count). The summed E-state index contributed by atoms with van der Waals surface area (Å²) in [5, 5.41) is 10.4. The minimum atomic E-state index is -0.327. The zero-order valence-electron chi connectivity index (χ0n) is 14.0. The van der Waals surface area contributed by atoms with Crippen molar-refractivity contribution in [3.63, 3.8) is 0 Å². The third kappa shape index (κ3) is 3.41. The summed E-state index contributed by atoms with van der Waals surface area (Å²) in [5.41, 5.74) is 2.88. The lowest BCUT2D eigenvalue weighted by atomic mass is 10.1. The molecule has 0 fully saturated rings. The molecular formula is C19H14Cl2N4O2. The maximum Gasteiger partial charge on any atom is 0.254 e. The minimum Gasteiger partial charge on any atom is -0.325 e. The SMILES string of the molecule is O=C(CN1Cc2ccccc2C1=O)Nc1cc(-c2cccc(Cl)c2Cl)[nH]n1. The molecule has 136 valence electrons.